The SMILES string of the molecule is CCc1ccc(C2/C(=C(/O)c3cccc(Cl)c3)C(=O)C(=O)N2Cc2ccco2)cc1. The number of hydrogen-bond donors (Lipinski definition) is 1. The molecule has 1 atom stereocenters. The molecule has 1 N–H and O–H groups in total. The number of carbonyl (C=O) groups is 2. The third kappa shape index (κ3) is 3.64. The summed E-state index contributed by atoms with van der Waals surface area (Å²) in [5.74, 6) is -1.11. The Morgan fingerprint density at radius 3 is 2.50 bits per heavy atom. The van der Waals surface area contributed by atoms with Gasteiger partial charge in [-0.05, 0) is 41.8 Å². The van der Waals surface area contributed by atoms with Gasteiger partial charge in [-0.3, -0.25) is 9.59 Å². The van der Waals surface area contributed by atoms with Crippen LogP contribution in [0.3, 0.4) is 0 Å². The maximum absolute atomic E-state index is 13.0. The number of aliphatic hydroxyl groups excluding tert-OH is 1. The van der Waals surface area contributed by atoms with Crippen LogP contribution in [-0.2, 0) is 22.6 Å². The average Bonchev–Trinajstić information content (AvgIpc) is 3.36. The molecule has 1 fully saturated rings. The van der Waals surface area contributed by atoms with Crippen molar-refractivity contribution in [2.45, 2.75) is 25.9 Å². The third-order valence-electron chi connectivity index (χ3n) is 5.25. The molecule has 1 unspecified atom stereocenters. The first-order valence-corrected chi connectivity index (χ1v) is 10.0. The van der Waals surface area contributed by atoms with Crippen LogP contribution in [0.25, 0.3) is 5.76 Å². The number of halogens is 1. The minimum atomic E-state index is -0.736. The lowest BCUT2D eigenvalue weighted by molar-refractivity contribution is -0.140. The van der Waals surface area contributed by atoms with Crippen molar-refractivity contribution in [2.75, 3.05) is 0 Å². The molecule has 1 amide bonds. The summed E-state index contributed by atoms with van der Waals surface area (Å²) < 4.78 is 5.39. The number of furan rings is 1. The molecule has 0 aliphatic carbocycles. The van der Waals surface area contributed by atoms with Gasteiger partial charge in [0.15, 0.2) is 0 Å². The van der Waals surface area contributed by atoms with Crippen molar-refractivity contribution in [3.8, 4) is 0 Å². The normalized spacial score (nSPS) is 18.2. The Kier molecular flexibility index (Phi) is 5.46. The van der Waals surface area contributed by atoms with Crippen LogP contribution < -0.4 is 0 Å². The molecular weight excluding hydrogens is 402 g/mol. The van der Waals surface area contributed by atoms with Gasteiger partial charge >= 0.3 is 0 Å². The maximum atomic E-state index is 13.0. The Hall–Kier alpha value is -3.31. The van der Waals surface area contributed by atoms with E-state index in [1.54, 1.807) is 36.4 Å². The Balaban J connectivity index is 1.86. The quantitative estimate of drug-likeness (QED) is 0.352. The number of nitrogens with zero attached hydrogens (tertiary/aromatic N) is 1. The number of carbonyl (C=O) groups excluding carboxylic acids is 2. The van der Waals surface area contributed by atoms with Crippen LogP contribution in [0.4, 0.5) is 0 Å². The van der Waals surface area contributed by atoms with Gasteiger partial charge in [-0.25, -0.2) is 0 Å². The number of benzene rings is 2. The average molecular weight is 422 g/mol. The minimum absolute atomic E-state index is 0.0399. The fraction of sp³-hybridized carbons (Fsp3) is 0.167. The number of likely N-dealkylation sites (tertiary alicyclic amines) is 1. The van der Waals surface area contributed by atoms with Crippen molar-refractivity contribution < 1.29 is 19.1 Å². The van der Waals surface area contributed by atoms with E-state index in [9.17, 15) is 14.7 Å². The lowest BCUT2D eigenvalue weighted by atomic mass is 9.94. The van der Waals surface area contributed by atoms with E-state index in [2.05, 4.69) is 6.92 Å². The molecule has 6 heteroatoms. The number of Topliss-reactive ketones (excluding diaryl/α,β-unsaturated/α-hetero) is 1. The van der Waals surface area contributed by atoms with Crippen LogP contribution in [-0.4, -0.2) is 21.7 Å². The third-order valence-corrected chi connectivity index (χ3v) is 5.48. The van der Waals surface area contributed by atoms with E-state index >= 15 is 0 Å². The van der Waals surface area contributed by atoms with Gasteiger partial charge in [0, 0.05) is 10.6 Å². The maximum Gasteiger partial charge on any atom is 0.296 e. The molecule has 1 saturated heterocycles. The Labute approximate surface area is 179 Å². The van der Waals surface area contributed by atoms with Crippen molar-refractivity contribution in [1.82, 2.24) is 4.90 Å². The van der Waals surface area contributed by atoms with E-state index < -0.39 is 17.7 Å². The van der Waals surface area contributed by atoms with E-state index in [0.717, 1.165) is 17.5 Å². The number of amides is 1. The Morgan fingerprint density at radius 2 is 1.87 bits per heavy atom. The van der Waals surface area contributed by atoms with Crippen molar-refractivity contribution in [2.24, 2.45) is 0 Å². The standard InChI is InChI=1S/C24H20ClNO4/c1-2-15-8-10-16(11-9-15)21-20(22(27)17-5-3-6-18(25)13-17)23(28)24(29)26(21)14-19-7-4-12-30-19/h3-13,21,27H,2,14H2,1H3/b22-20-. The summed E-state index contributed by atoms with van der Waals surface area (Å²) in [6, 6.07) is 17.0. The van der Waals surface area contributed by atoms with Crippen LogP contribution in [0.2, 0.25) is 5.02 Å². The summed E-state index contributed by atoms with van der Waals surface area (Å²) in [4.78, 5) is 27.3. The second-order valence-corrected chi connectivity index (χ2v) is 7.55. The molecule has 4 rings (SSSR count). The molecule has 5 nitrogen and oxygen atoms in total. The molecule has 0 radical (unpaired) electrons. The molecule has 3 aromatic rings. The summed E-state index contributed by atoms with van der Waals surface area (Å²) in [6.07, 6.45) is 2.39. The highest BCUT2D eigenvalue weighted by molar-refractivity contribution is 6.46. The van der Waals surface area contributed by atoms with Gasteiger partial charge in [-0.2, -0.15) is 0 Å². The van der Waals surface area contributed by atoms with Gasteiger partial charge in [0.05, 0.1) is 24.4 Å². The smallest absolute Gasteiger partial charge is 0.296 e. The van der Waals surface area contributed by atoms with E-state index in [4.69, 9.17) is 16.0 Å². The van der Waals surface area contributed by atoms with Gasteiger partial charge < -0.3 is 14.4 Å². The van der Waals surface area contributed by atoms with Crippen LogP contribution in [0, 0.1) is 0 Å². The second-order valence-electron chi connectivity index (χ2n) is 7.11. The zero-order valence-electron chi connectivity index (χ0n) is 16.3. The molecule has 1 aromatic heterocycles. The summed E-state index contributed by atoms with van der Waals surface area (Å²) in [6.45, 7) is 2.17. The molecule has 2 heterocycles. The summed E-state index contributed by atoms with van der Waals surface area (Å²) in [5.41, 5.74) is 2.30. The first-order chi connectivity index (χ1) is 14.5. The zero-order chi connectivity index (χ0) is 21.3. The van der Waals surface area contributed by atoms with Gasteiger partial charge in [-0.15, -0.1) is 0 Å². The van der Waals surface area contributed by atoms with E-state index in [1.807, 2.05) is 24.3 Å². The number of ketones is 1. The van der Waals surface area contributed by atoms with Crippen molar-refractivity contribution >= 4 is 29.1 Å². The topological polar surface area (TPSA) is 70.8 Å². The minimum Gasteiger partial charge on any atom is -0.507 e. The molecule has 30 heavy (non-hydrogen) atoms. The highest BCUT2D eigenvalue weighted by Gasteiger charge is 2.46. The van der Waals surface area contributed by atoms with E-state index in [-0.39, 0.29) is 17.9 Å². The van der Waals surface area contributed by atoms with Crippen LogP contribution in [0.1, 0.15) is 35.4 Å². The van der Waals surface area contributed by atoms with Crippen LogP contribution in [0.5, 0.6) is 0 Å². The predicted molar refractivity (Wildman–Crippen MR) is 114 cm³/mol. The molecule has 0 saturated carbocycles. The number of aryl methyl sites for hydroxylation is 1. The first-order valence-electron chi connectivity index (χ1n) is 9.65. The fourth-order valence-electron chi connectivity index (χ4n) is 3.69. The van der Waals surface area contributed by atoms with Crippen molar-refractivity contribution in [3.05, 3.63) is 100.0 Å². The Bertz CT molecular complexity index is 1120. The highest BCUT2D eigenvalue weighted by atomic mass is 35.5. The molecule has 1 aliphatic rings. The predicted octanol–water partition coefficient (Wildman–Crippen LogP) is 5.12. The molecule has 2 aromatic carbocycles. The molecule has 1 aliphatic heterocycles. The molecule has 0 bridgehead atoms. The van der Waals surface area contributed by atoms with Gasteiger partial charge in [-0.1, -0.05) is 54.9 Å². The van der Waals surface area contributed by atoms with E-state index in [0.29, 0.717) is 16.3 Å². The van der Waals surface area contributed by atoms with Crippen molar-refractivity contribution in [3.63, 3.8) is 0 Å². The largest absolute Gasteiger partial charge is 0.507 e. The molecule has 0 spiro atoms. The second kappa shape index (κ2) is 8.20. The summed E-state index contributed by atoms with van der Waals surface area (Å²) >= 11 is 6.06. The van der Waals surface area contributed by atoms with Crippen LogP contribution in [0.15, 0.2) is 76.9 Å². The Morgan fingerprint density at radius 1 is 1.10 bits per heavy atom. The summed E-state index contributed by atoms with van der Waals surface area (Å²) in [5, 5.41) is 11.4. The van der Waals surface area contributed by atoms with Crippen molar-refractivity contribution in [1.29, 1.82) is 0 Å². The zero-order valence-corrected chi connectivity index (χ0v) is 17.1. The lowest BCUT2D eigenvalue weighted by Gasteiger charge is -2.24. The number of hydrogen-bond acceptors (Lipinski definition) is 4. The highest BCUT2D eigenvalue weighted by Crippen LogP contribution is 2.40. The van der Waals surface area contributed by atoms with Gasteiger partial charge in [0.25, 0.3) is 11.7 Å². The molecular formula is C24H20ClNO4. The van der Waals surface area contributed by atoms with Gasteiger partial charge in [0.2, 0.25) is 0 Å². The summed E-state index contributed by atoms with van der Waals surface area (Å²) in [7, 11) is 0. The van der Waals surface area contributed by atoms with Gasteiger partial charge in [0.1, 0.15) is 11.5 Å². The van der Waals surface area contributed by atoms with E-state index in [1.165, 1.54) is 11.2 Å². The first kappa shape index (κ1) is 20.0. The number of aliphatic hydroxyl groups is 1. The monoisotopic (exact) mass is 421 g/mol. The number of rotatable bonds is 5. The molecule has 152 valence electrons. The van der Waals surface area contributed by atoms with Crippen LogP contribution >= 0.6 is 11.6 Å². The fourth-order valence-corrected chi connectivity index (χ4v) is 3.88. The lowest BCUT2D eigenvalue weighted by Crippen LogP contribution is -2.29.